The maximum atomic E-state index is 13.2. The molecule has 0 aromatic heterocycles. The van der Waals surface area contributed by atoms with Crippen LogP contribution >= 0.6 is 0 Å². The Morgan fingerprint density at radius 1 is 1.44 bits per heavy atom. The second kappa shape index (κ2) is 6.45. The van der Waals surface area contributed by atoms with Crippen LogP contribution < -0.4 is 10.1 Å². The summed E-state index contributed by atoms with van der Waals surface area (Å²) in [4.78, 5) is 0. The van der Waals surface area contributed by atoms with Crippen LogP contribution in [0.5, 0.6) is 5.75 Å². The molecule has 1 aromatic carbocycles. The molecule has 0 amide bonds. The highest BCUT2D eigenvalue weighted by Crippen LogP contribution is 2.17. The minimum atomic E-state index is -0.306. The van der Waals surface area contributed by atoms with Gasteiger partial charge in [-0.2, -0.15) is 0 Å². The monoisotopic (exact) mass is 227 g/mol. The van der Waals surface area contributed by atoms with Gasteiger partial charge in [0.1, 0.15) is 11.6 Å². The van der Waals surface area contributed by atoms with E-state index in [9.17, 15) is 4.39 Å². The molecule has 0 saturated heterocycles. The third kappa shape index (κ3) is 4.16. The fourth-order valence-electron chi connectivity index (χ4n) is 1.30. The van der Waals surface area contributed by atoms with E-state index in [-0.39, 0.29) is 18.3 Å². The summed E-state index contributed by atoms with van der Waals surface area (Å²) in [5.74, 6) is 0.251. The van der Waals surface area contributed by atoms with Crippen LogP contribution in [0.4, 0.5) is 4.39 Å². The van der Waals surface area contributed by atoms with Crippen LogP contribution in [0.3, 0.4) is 0 Å². The number of hydrogen-bond donors (Lipinski definition) is 2. The standard InChI is InChI=1S/C12H18FNO2/c1-9(7-15)8-16-12-4-10(6-14-2)3-11(13)5-12/h3-5,9,14-15H,6-8H2,1-2H3. The van der Waals surface area contributed by atoms with Crippen LogP contribution in [0.15, 0.2) is 18.2 Å². The van der Waals surface area contributed by atoms with Crippen molar-refractivity contribution in [3.63, 3.8) is 0 Å². The van der Waals surface area contributed by atoms with Crippen molar-refractivity contribution >= 4 is 0 Å². The lowest BCUT2D eigenvalue weighted by Crippen LogP contribution is -2.12. The number of rotatable bonds is 6. The van der Waals surface area contributed by atoms with Gasteiger partial charge >= 0.3 is 0 Å². The molecule has 0 aliphatic rings. The Morgan fingerprint density at radius 3 is 2.81 bits per heavy atom. The highest BCUT2D eigenvalue weighted by atomic mass is 19.1. The molecule has 2 N–H and O–H groups in total. The maximum absolute atomic E-state index is 13.2. The van der Waals surface area contributed by atoms with Gasteiger partial charge in [-0.25, -0.2) is 4.39 Å². The van der Waals surface area contributed by atoms with Gasteiger partial charge in [0.25, 0.3) is 0 Å². The second-order valence-electron chi connectivity index (χ2n) is 3.92. The Kier molecular flexibility index (Phi) is 5.22. The van der Waals surface area contributed by atoms with Gasteiger partial charge in [-0.3, -0.25) is 0 Å². The Labute approximate surface area is 95.2 Å². The summed E-state index contributed by atoms with van der Waals surface area (Å²) < 4.78 is 18.6. The Morgan fingerprint density at radius 2 is 2.19 bits per heavy atom. The maximum Gasteiger partial charge on any atom is 0.127 e. The summed E-state index contributed by atoms with van der Waals surface area (Å²) in [6, 6.07) is 4.62. The van der Waals surface area contributed by atoms with E-state index in [1.165, 1.54) is 12.1 Å². The highest BCUT2D eigenvalue weighted by Gasteiger charge is 2.04. The van der Waals surface area contributed by atoms with Gasteiger partial charge in [-0.15, -0.1) is 0 Å². The minimum Gasteiger partial charge on any atom is -0.493 e. The lowest BCUT2D eigenvalue weighted by Gasteiger charge is -2.11. The molecule has 4 heteroatoms. The molecule has 90 valence electrons. The van der Waals surface area contributed by atoms with E-state index in [4.69, 9.17) is 9.84 Å². The molecule has 0 saturated carbocycles. The van der Waals surface area contributed by atoms with Crippen molar-refractivity contribution in [2.45, 2.75) is 13.5 Å². The van der Waals surface area contributed by atoms with Crippen molar-refractivity contribution in [1.29, 1.82) is 0 Å². The summed E-state index contributed by atoms with van der Waals surface area (Å²) in [7, 11) is 1.80. The zero-order valence-electron chi connectivity index (χ0n) is 9.66. The van der Waals surface area contributed by atoms with E-state index in [0.717, 1.165) is 5.56 Å². The molecule has 1 rings (SSSR count). The van der Waals surface area contributed by atoms with Crippen molar-refractivity contribution in [2.75, 3.05) is 20.3 Å². The molecule has 0 spiro atoms. The molecule has 0 aliphatic heterocycles. The summed E-state index contributed by atoms with van der Waals surface area (Å²) >= 11 is 0. The van der Waals surface area contributed by atoms with Crippen molar-refractivity contribution < 1.29 is 14.2 Å². The van der Waals surface area contributed by atoms with Gasteiger partial charge in [0, 0.05) is 25.1 Å². The predicted molar refractivity (Wildman–Crippen MR) is 60.9 cm³/mol. The molecule has 0 aliphatic carbocycles. The van der Waals surface area contributed by atoms with Gasteiger partial charge in [0.15, 0.2) is 0 Å². The third-order valence-electron chi connectivity index (χ3n) is 2.16. The van der Waals surface area contributed by atoms with E-state index in [0.29, 0.717) is 18.9 Å². The van der Waals surface area contributed by atoms with Crippen molar-refractivity contribution in [1.82, 2.24) is 5.32 Å². The summed E-state index contributed by atoms with van der Waals surface area (Å²) in [5.41, 5.74) is 0.842. The van der Waals surface area contributed by atoms with E-state index < -0.39 is 0 Å². The first-order chi connectivity index (χ1) is 7.65. The van der Waals surface area contributed by atoms with Crippen LogP contribution in [0.2, 0.25) is 0 Å². The third-order valence-corrected chi connectivity index (χ3v) is 2.16. The summed E-state index contributed by atoms with van der Waals surface area (Å²) in [6.07, 6.45) is 0. The second-order valence-corrected chi connectivity index (χ2v) is 3.92. The first-order valence-electron chi connectivity index (χ1n) is 5.33. The number of ether oxygens (including phenoxy) is 1. The number of nitrogens with one attached hydrogen (secondary N) is 1. The van der Waals surface area contributed by atoms with Gasteiger partial charge in [-0.05, 0) is 24.7 Å². The summed E-state index contributed by atoms with van der Waals surface area (Å²) in [5, 5.41) is 11.8. The number of aliphatic hydroxyl groups is 1. The molecular weight excluding hydrogens is 209 g/mol. The number of hydrogen-bond acceptors (Lipinski definition) is 3. The number of halogens is 1. The zero-order valence-corrected chi connectivity index (χ0v) is 9.66. The molecule has 0 radical (unpaired) electrons. The zero-order chi connectivity index (χ0) is 12.0. The van der Waals surface area contributed by atoms with Gasteiger partial charge in [0.2, 0.25) is 0 Å². The lowest BCUT2D eigenvalue weighted by atomic mass is 10.2. The van der Waals surface area contributed by atoms with Gasteiger partial charge in [-0.1, -0.05) is 6.92 Å². The van der Waals surface area contributed by atoms with E-state index >= 15 is 0 Å². The van der Waals surface area contributed by atoms with Crippen molar-refractivity contribution in [2.24, 2.45) is 5.92 Å². The predicted octanol–water partition coefficient (Wildman–Crippen LogP) is 1.55. The normalized spacial score (nSPS) is 12.5. The molecule has 16 heavy (non-hydrogen) atoms. The minimum absolute atomic E-state index is 0.0519. The van der Waals surface area contributed by atoms with Crippen LogP contribution in [0, 0.1) is 11.7 Å². The average Bonchev–Trinajstić information content (AvgIpc) is 2.25. The van der Waals surface area contributed by atoms with Gasteiger partial charge in [0.05, 0.1) is 6.61 Å². The number of aliphatic hydroxyl groups excluding tert-OH is 1. The van der Waals surface area contributed by atoms with Crippen LogP contribution in [-0.4, -0.2) is 25.4 Å². The summed E-state index contributed by atoms with van der Waals surface area (Å²) in [6.45, 7) is 2.93. The first kappa shape index (κ1) is 12.9. The van der Waals surface area contributed by atoms with Gasteiger partial charge < -0.3 is 15.2 Å². The molecular formula is C12H18FNO2. The Balaban J connectivity index is 2.64. The highest BCUT2D eigenvalue weighted by molar-refractivity contribution is 5.29. The van der Waals surface area contributed by atoms with Crippen molar-refractivity contribution in [3.8, 4) is 5.75 Å². The molecule has 1 unspecified atom stereocenters. The van der Waals surface area contributed by atoms with Crippen molar-refractivity contribution in [3.05, 3.63) is 29.6 Å². The SMILES string of the molecule is CNCc1cc(F)cc(OCC(C)CO)c1. The average molecular weight is 227 g/mol. The molecule has 1 aromatic rings. The quantitative estimate of drug-likeness (QED) is 0.774. The molecule has 1 atom stereocenters. The topological polar surface area (TPSA) is 41.5 Å². The Bertz CT molecular complexity index is 331. The van der Waals surface area contributed by atoms with Crippen LogP contribution in [-0.2, 0) is 6.54 Å². The fourth-order valence-corrected chi connectivity index (χ4v) is 1.30. The molecule has 0 bridgehead atoms. The lowest BCUT2D eigenvalue weighted by molar-refractivity contribution is 0.174. The molecule has 3 nitrogen and oxygen atoms in total. The Hall–Kier alpha value is -1.13. The van der Waals surface area contributed by atoms with E-state index in [1.54, 1.807) is 13.1 Å². The van der Waals surface area contributed by atoms with E-state index in [1.807, 2.05) is 6.92 Å². The van der Waals surface area contributed by atoms with E-state index in [2.05, 4.69) is 5.32 Å². The fraction of sp³-hybridized carbons (Fsp3) is 0.500. The smallest absolute Gasteiger partial charge is 0.127 e. The number of benzene rings is 1. The molecule has 0 fully saturated rings. The van der Waals surface area contributed by atoms with Crippen LogP contribution in [0.25, 0.3) is 0 Å². The largest absolute Gasteiger partial charge is 0.493 e. The molecule has 0 heterocycles. The van der Waals surface area contributed by atoms with Crippen LogP contribution in [0.1, 0.15) is 12.5 Å². The first-order valence-corrected chi connectivity index (χ1v) is 5.33.